The largest absolute Gasteiger partial charge is 0.457 e. The second kappa shape index (κ2) is 9.00. The van der Waals surface area contributed by atoms with E-state index in [0.717, 1.165) is 59.0 Å². The highest BCUT2D eigenvalue weighted by Gasteiger charge is 2.15. The zero-order valence-corrected chi connectivity index (χ0v) is 18.7. The van der Waals surface area contributed by atoms with E-state index in [1.54, 1.807) is 6.20 Å². The van der Waals surface area contributed by atoms with E-state index in [9.17, 15) is 0 Å². The maximum atomic E-state index is 6.39. The highest BCUT2D eigenvalue weighted by molar-refractivity contribution is 5.98. The second-order valence-corrected chi connectivity index (χ2v) is 8.46. The molecule has 0 radical (unpaired) electrons. The number of benzene rings is 2. The highest BCUT2D eigenvalue weighted by Crippen LogP contribution is 2.37. The average molecular weight is 448 g/mol. The monoisotopic (exact) mass is 447 g/mol. The molecule has 0 unspecified atom stereocenters. The molecule has 0 bridgehead atoms. The smallest absolute Gasteiger partial charge is 0.141 e. The van der Waals surface area contributed by atoms with Crippen LogP contribution in [0.1, 0.15) is 16.7 Å². The molecule has 6 heteroatoms. The van der Waals surface area contributed by atoms with E-state index in [1.165, 1.54) is 16.7 Å². The standard InChI is InChI=1S/C28H25N5O/c1-2-4-19(5-3-1)16-32-26-15-21(9-12-30-26)24-18-33-28-27(24)25(10-13-31-28)34-23-7-6-20-8-11-29-17-22(20)14-23/h1-7,9-10,12-15,18,29H,8,11,16-17H2,(H,30,32)(H,31,33). The Labute approximate surface area is 198 Å². The van der Waals surface area contributed by atoms with E-state index in [-0.39, 0.29) is 0 Å². The molecular weight excluding hydrogens is 422 g/mol. The summed E-state index contributed by atoms with van der Waals surface area (Å²) in [5.74, 6) is 2.44. The van der Waals surface area contributed by atoms with Gasteiger partial charge in [0.25, 0.3) is 0 Å². The Hall–Kier alpha value is -4.16. The van der Waals surface area contributed by atoms with Crippen molar-refractivity contribution in [3.8, 4) is 22.6 Å². The maximum Gasteiger partial charge on any atom is 0.141 e. The summed E-state index contributed by atoms with van der Waals surface area (Å²) in [5, 5.41) is 7.81. The normalized spacial score (nSPS) is 12.9. The topological polar surface area (TPSA) is 74.9 Å². The van der Waals surface area contributed by atoms with Crippen molar-refractivity contribution in [3.05, 3.63) is 102 Å². The fraction of sp³-hybridized carbons (Fsp3) is 0.143. The second-order valence-electron chi connectivity index (χ2n) is 8.46. The van der Waals surface area contributed by atoms with E-state index >= 15 is 0 Å². The number of aromatic amines is 1. The molecule has 5 aromatic rings. The number of hydrogen-bond donors (Lipinski definition) is 3. The van der Waals surface area contributed by atoms with Crippen molar-refractivity contribution in [3.63, 3.8) is 0 Å². The Bertz CT molecular complexity index is 1440. The van der Waals surface area contributed by atoms with Gasteiger partial charge >= 0.3 is 0 Å². The molecule has 0 aliphatic carbocycles. The molecule has 4 heterocycles. The fourth-order valence-electron chi connectivity index (χ4n) is 4.47. The summed E-state index contributed by atoms with van der Waals surface area (Å²) >= 11 is 0. The van der Waals surface area contributed by atoms with Crippen LogP contribution in [0.5, 0.6) is 11.5 Å². The van der Waals surface area contributed by atoms with Gasteiger partial charge in [0.1, 0.15) is 23.0 Å². The molecule has 1 aliphatic rings. The van der Waals surface area contributed by atoms with Gasteiger partial charge in [0.05, 0.1) is 5.39 Å². The minimum atomic E-state index is 0.717. The molecule has 168 valence electrons. The molecule has 1 aliphatic heterocycles. The lowest BCUT2D eigenvalue weighted by molar-refractivity contribution is 0.485. The molecule has 0 saturated carbocycles. The Balaban J connectivity index is 1.31. The van der Waals surface area contributed by atoms with Gasteiger partial charge in [-0.1, -0.05) is 36.4 Å². The van der Waals surface area contributed by atoms with Crippen LogP contribution in [-0.4, -0.2) is 21.5 Å². The van der Waals surface area contributed by atoms with E-state index in [2.05, 4.69) is 62.0 Å². The SMILES string of the molecule is c1ccc(CNc2cc(-c3c[nH]c4nccc(Oc5ccc6c(c5)CNCC6)c34)ccn2)cc1. The number of nitrogens with zero attached hydrogens (tertiary/aromatic N) is 2. The lowest BCUT2D eigenvalue weighted by atomic mass is 10.0. The molecule has 34 heavy (non-hydrogen) atoms. The van der Waals surface area contributed by atoms with Crippen molar-refractivity contribution in [2.45, 2.75) is 19.5 Å². The summed E-state index contributed by atoms with van der Waals surface area (Å²) in [5.41, 5.74) is 6.77. The number of hydrogen-bond acceptors (Lipinski definition) is 5. The molecule has 6 rings (SSSR count). The van der Waals surface area contributed by atoms with E-state index in [4.69, 9.17) is 4.74 Å². The Morgan fingerprint density at radius 3 is 2.76 bits per heavy atom. The van der Waals surface area contributed by atoms with Crippen molar-refractivity contribution < 1.29 is 4.74 Å². The van der Waals surface area contributed by atoms with Gasteiger partial charge in [-0.05, 0) is 65.6 Å². The van der Waals surface area contributed by atoms with E-state index in [0.29, 0.717) is 6.54 Å². The molecule has 0 fully saturated rings. The summed E-state index contributed by atoms with van der Waals surface area (Å²) in [6, 6.07) is 22.7. The van der Waals surface area contributed by atoms with Gasteiger partial charge in [0, 0.05) is 37.2 Å². The van der Waals surface area contributed by atoms with Gasteiger partial charge in [0.15, 0.2) is 0 Å². The first-order valence-corrected chi connectivity index (χ1v) is 11.5. The van der Waals surface area contributed by atoms with Crippen LogP contribution < -0.4 is 15.4 Å². The molecular formula is C28H25N5O. The number of pyridine rings is 2. The zero-order chi connectivity index (χ0) is 22.7. The van der Waals surface area contributed by atoms with Crippen LogP contribution in [0.3, 0.4) is 0 Å². The number of nitrogens with one attached hydrogen (secondary N) is 3. The predicted molar refractivity (Wildman–Crippen MR) is 135 cm³/mol. The van der Waals surface area contributed by atoms with Crippen molar-refractivity contribution in [2.75, 3.05) is 11.9 Å². The molecule has 2 aromatic carbocycles. The van der Waals surface area contributed by atoms with Crippen molar-refractivity contribution in [1.29, 1.82) is 0 Å². The summed E-state index contributed by atoms with van der Waals surface area (Å²) < 4.78 is 6.39. The van der Waals surface area contributed by atoms with Crippen molar-refractivity contribution in [2.24, 2.45) is 0 Å². The maximum absolute atomic E-state index is 6.39. The van der Waals surface area contributed by atoms with Gasteiger partial charge < -0.3 is 20.4 Å². The molecule has 0 saturated heterocycles. The molecule has 0 atom stereocenters. The Kier molecular flexibility index (Phi) is 5.41. The quantitative estimate of drug-likeness (QED) is 0.312. The first-order valence-electron chi connectivity index (χ1n) is 11.5. The summed E-state index contributed by atoms with van der Waals surface area (Å²) in [4.78, 5) is 12.3. The van der Waals surface area contributed by atoms with Gasteiger partial charge in [0.2, 0.25) is 0 Å². The van der Waals surface area contributed by atoms with Crippen LogP contribution in [-0.2, 0) is 19.5 Å². The molecule has 3 N–H and O–H groups in total. The summed E-state index contributed by atoms with van der Waals surface area (Å²) in [7, 11) is 0. The third-order valence-corrected chi connectivity index (χ3v) is 6.21. The number of fused-ring (bicyclic) bond motifs is 2. The minimum absolute atomic E-state index is 0.717. The van der Waals surface area contributed by atoms with Crippen LogP contribution in [0.2, 0.25) is 0 Å². The number of anilines is 1. The zero-order valence-electron chi connectivity index (χ0n) is 18.7. The number of rotatable bonds is 6. The Morgan fingerprint density at radius 2 is 1.82 bits per heavy atom. The van der Waals surface area contributed by atoms with Crippen molar-refractivity contribution in [1.82, 2.24) is 20.3 Å². The molecule has 6 nitrogen and oxygen atoms in total. The third-order valence-electron chi connectivity index (χ3n) is 6.21. The van der Waals surface area contributed by atoms with Gasteiger partial charge in [-0.2, -0.15) is 0 Å². The average Bonchev–Trinajstić information content (AvgIpc) is 3.34. The van der Waals surface area contributed by atoms with Crippen LogP contribution in [0.25, 0.3) is 22.2 Å². The van der Waals surface area contributed by atoms with Gasteiger partial charge in [-0.25, -0.2) is 9.97 Å². The Morgan fingerprint density at radius 1 is 0.912 bits per heavy atom. The summed E-state index contributed by atoms with van der Waals surface area (Å²) in [6.45, 7) is 2.62. The third kappa shape index (κ3) is 4.11. The lowest BCUT2D eigenvalue weighted by Crippen LogP contribution is -2.23. The van der Waals surface area contributed by atoms with Crippen LogP contribution in [0.4, 0.5) is 5.82 Å². The lowest BCUT2D eigenvalue weighted by Gasteiger charge is -2.18. The highest BCUT2D eigenvalue weighted by atomic mass is 16.5. The van der Waals surface area contributed by atoms with Crippen LogP contribution >= 0.6 is 0 Å². The first-order chi connectivity index (χ1) is 16.8. The first kappa shape index (κ1) is 20.4. The fourth-order valence-corrected chi connectivity index (χ4v) is 4.47. The number of aromatic nitrogens is 3. The molecule has 0 spiro atoms. The molecule has 0 amide bonds. The van der Waals surface area contributed by atoms with E-state index in [1.807, 2.05) is 42.7 Å². The van der Waals surface area contributed by atoms with E-state index < -0.39 is 0 Å². The predicted octanol–water partition coefficient (Wildman–Crippen LogP) is 5.68. The van der Waals surface area contributed by atoms with Gasteiger partial charge in [-0.3, -0.25) is 0 Å². The molecule has 3 aromatic heterocycles. The summed E-state index contributed by atoms with van der Waals surface area (Å²) in [6.07, 6.45) is 6.64. The van der Waals surface area contributed by atoms with Gasteiger partial charge in [-0.15, -0.1) is 0 Å². The number of H-pyrrole nitrogens is 1. The number of ether oxygens (including phenoxy) is 1. The van der Waals surface area contributed by atoms with Crippen LogP contribution in [0.15, 0.2) is 85.3 Å². The van der Waals surface area contributed by atoms with Crippen LogP contribution in [0, 0.1) is 0 Å². The minimum Gasteiger partial charge on any atom is -0.457 e. The van der Waals surface area contributed by atoms with Crippen molar-refractivity contribution >= 4 is 16.9 Å².